The van der Waals surface area contributed by atoms with E-state index in [1.54, 1.807) is 6.20 Å². The number of halogens is 1. The third-order valence-electron chi connectivity index (χ3n) is 3.29. The molecule has 1 N–H and O–H groups in total. The fourth-order valence-electron chi connectivity index (χ4n) is 2.20. The standard InChI is InChI=1S/C17H13BrN2O/c18-15-8-4-2-6-13(15)11-20-17(21)16-14-7-3-1-5-12(14)9-10-19-16/h1-10H,11H2,(H,20,21). The van der Waals surface area contributed by atoms with Crippen LogP contribution in [0.4, 0.5) is 0 Å². The number of carbonyl (C=O) groups excluding carboxylic acids is 1. The molecule has 3 rings (SSSR count). The lowest BCUT2D eigenvalue weighted by atomic mass is 10.1. The molecule has 1 heterocycles. The summed E-state index contributed by atoms with van der Waals surface area (Å²) in [6.07, 6.45) is 1.66. The van der Waals surface area contributed by atoms with Crippen molar-refractivity contribution in [3.05, 3.63) is 76.5 Å². The van der Waals surface area contributed by atoms with Crippen LogP contribution in [0.3, 0.4) is 0 Å². The van der Waals surface area contributed by atoms with E-state index < -0.39 is 0 Å². The van der Waals surface area contributed by atoms with Gasteiger partial charge in [0.2, 0.25) is 0 Å². The van der Waals surface area contributed by atoms with Crippen molar-refractivity contribution < 1.29 is 4.79 Å². The first-order valence-electron chi connectivity index (χ1n) is 6.61. The molecule has 0 bridgehead atoms. The molecular formula is C17H13BrN2O. The molecule has 0 aliphatic rings. The highest BCUT2D eigenvalue weighted by atomic mass is 79.9. The number of carbonyl (C=O) groups is 1. The van der Waals surface area contributed by atoms with Gasteiger partial charge in [0.1, 0.15) is 5.69 Å². The Morgan fingerprint density at radius 1 is 1.05 bits per heavy atom. The quantitative estimate of drug-likeness (QED) is 0.784. The summed E-state index contributed by atoms with van der Waals surface area (Å²) in [6.45, 7) is 0.463. The molecule has 1 aromatic heterocycles. The maximum absolute atomic E-state index is 12.4. The number of hydrogen-bond donors (Lipinski definition) is 1. The van der Waals surface area contributed by atoms with E-state index in [1.165, 1.54) is 0 Å². The smallest absolute Gasteiger partial charge is 0.270 e. The summed E-state index contributed by atoms with van der Waals surface area (Å²) in [4.78, 5) is 16.6. The number of fused-ring (bicyclic) bond motifs is 1. The molecule has 1 amide bonds. The van der Waals surface area contributed by atoms with Crippen molar-refractivity contribution in [2.75, 3.05) is 0 Å². The minimum Gasteiger partial charge on any atom is -0.347 e. The Balaban J connectivity index is 1.83. The molecule has 0 saturated heterocycles. The zero-order chi connectivity index (χ0) is 14.7. The summed E-state index contributed by atoms with van der Waals surface area (Å²) in [5, 5.41) is 4.79. The summed E-state index contributed by atoms with van der Waals surface area (Å²) in [6, 6.07) is 17.5. The van der Waals surface area contributed by atoms with E-state index in [9.17, 15) is 4.79 Å². The van der Waals surface area contributed by atoms with E-state index in [2.05, 4.69) is 26.2 Å². The van der Waals surface area contributed by atoms with Gasteiger partial charge in [-0.05, 0) is 23.1 Å². The van der Waals surface area contributed by atoms with Crippen molar-refractivity contribution in [1.29, 1.82) is 0 Å². The van der Waals surface area contributed by atoms with Crippen LogP contribution in [-0.4, -0.2) is 10.9 Å². The van der Waals surface area contributed by atoms with Crippen LogP contribution in [0.15, 0.2) is 65.3 Å². The normalized spacial score (nSPS) is 10.5. The van der Waals surface area contributed by atoms with Gasteiger partial charge in [0.25, 0.3) is 5.91 Å². The number of nitrogens with zero attached hydrogens (tertiary/aromatic N) is 1. The van der Waals surface area contributed by atoms with Gasteiger partial charge in [0.15, 0.2) is 0 Å². The van der Waals surface area contributed by atoms with Crippen molar-refractivity contribution in [3.8, 4) is 0 Å². The lowest BCUT2D eigenvalue weighted by Crippen LogP contribution is -2.24. The molecule has 0 atom stereocenters. The Morgan fingerprint density at radius 2 is 1.81 bits per heavy atom. The van der Waals surface area contributed by atoms with E-state index >= 15 is 0 Å². The molecule has 0 spiro atoms. The van der Waals surface area contributed by atoms with Crippen molar-refractivity contribution in [2.45, 2.75) is 6.54 Å². The number of pyridine rings is 1. The molecule has 0 aliphatic heterocycles. The lowest BCUT2D eigenvalue weighted by molar-refractivity contribution is 0.0947. The summed E-state index contributed by atoms with van der Waals surface area (Å²) >= 11 is 3.48. The van der Waals surface area contributed by atoms with E-state index in [0.717, 1.165) is 20.8 Å². The van der Waals surface area contributed by atoms with Crippen LogP contribution < -0.4 is 5.32 Å². The topological polar surface area (TPSA) is 42.0 Å². The van der Waals surface area contributed by atoms with Gasteiger partial charge >= 0.3 is 0 Å². The van der Waals surface area contributed by atoms with Gasteiger partial charge in [0.05, 0.1) is 0 Å². The van der Waals surface area contributed by atoms with Crippen LogP contribution in [0.1, 0.15) is 16.1 Å². The maximum Gasteiger partial charge on any atom is 0.270 e. The lowest BCUT2D eigenvalue weighted by Gasteiger charge is -2.08. The number of rotatable bonds is 3. The first-order chi connectivity index (χ1) is 10.3. The van der Waals surface area contributed by atoms with Crippen molar-refractivity contribution in [2.24, 2.45) is 0 Å². The summed E-state index contributed by atoms with van der Waals surface area (Å²) in [5.41, 5.74) is 1.49. The van der Waals surface area contributed by atoms with Gasteiger partial charge in [-0.15, -0.1) is 0 Å². The number of hydrogen-bond acceptors (Lipinski definition) is 2. The summed E-state index contributed by atoms with van der Waals surface area (Å²) in [5.74, 6) is -0.164. The second-order valence-corrected chi connectivity index (χ2v) is 5.51. The first kappa shape index (κ1) is 13.8. The van der Waals surface area contributed by atoms with Crippen LogP contribution in [0.5, 0.6) is 0 Å². The van der Waals surface area contributed by atoms with E-state index in [4.69, 9.17) is 0 Å². The SMILES string of the molecule is O=C(NCc1ccccc1Br)c1nccc2ccccc12. The second kappa shape index (κ2) is 6.06. The fraction of sp³-hybridized carbons (Fsp3) is 0.0588. The molecule has 4 heteroatoms. The van der Waals surface area contributed by atoms with Crippen LogP contribution in [-0.2, 0) is 6.54 Å². The van der Waals surface area contributed by atoms with Gasteiger partial charge in [0, 0.05) is 22.6 Å². The van der Waals surface area contributed by atoms with Crippen molar-refractivity contribution in [1.82, 2.24) is 10.3 Å². The predicted molar refractivity (Wildman–Crippen MR) is 87.1 cm³/mol. The highest BCUT2D eigenvalue weighted by molar-refractivity contribution is 9.10. The zero-order valence-electron chi connectivity index (χ0n) is 11.2. The van der Waals surface area contributed by atoms with Crippen LogP contribution in [0.25, 0.3) is 10.8 Å². The Labute approximate surface area is 131 Å². The van der Waals surface area contributed by atoms with Gasteiger partial charge in [-0.3, -0.25) is 9.78 Å². The number of benzene rings is 2. The molecule has 21 heavy (non-hydrogen) atoms. The van der Waals surface area contributed by atoms with E-state index in [-0.39, 0.29) is 5.91 Å². The average molecular weight is 341 g/mol. The highest BCUT2D eigenvalue weighted by Crippen LogP contribution is 2.18. The van der Waals surface area contributed by atoms with Crippen LogP contribution in [0.2, 0.25) is 0 Å². The minimum atomic E-state index is -0.164. The predicted octanol–water partition coefficient (Wildman–Crippen LogP) is 3.93. The molecule has 0 saturated carbocycles. The second-order valence-electron chi connectivity index (χ2n) is 4.65. The van der Waals surface area contributed by atoms with E-state index in [0.29, 0.717) is 12.2 Å². The first-order valence-corrected chi connectivity index (χ1v) is 7.40. The third kappa shape index (κ3) is 2.95. The zero-order valence-corrected chi connectivity index (χ0v) is 12.8. The van der Waals surface area contributed by atoms with Crippen molar-refractivity contribution in [3.63, 3.8) is 0 Å². The summed E-state index contributed by atoms with van der Waals surface area (Å²) < 4.78 is 0.983. The Bertz CT molecular complexity index is 796. The molecule has 3 aromatic rings. The van der Waals surface area contributed by atoms with Crippen LogP contribution in [0, 0.1) is 0 Å². The minimum absolute atomic E-state index is 0.164. The van der Waals surface area contributed by atoms with E-state index in [1.807, 2.05) is 54.6 Å². The molecular weight excluding hydrogens is 328 g/mol. The van der Waals surface area contributed by atoms with Gasteiger partial charge in [-0.1, -0.05) is 58.4 Å². The number of nitrogens with one attached hydrogen (secondary N) is 1. The molecule has 0 unspecified atom stereocenters. The van der Waals surface area contributed by atoms with Gasteiger partial charge in [-0.2, -0.15) is 0 Å². The summed E-state index contributed by atoms with van der Waals surface area (Å²) in [7, 11) is 0. The monoisotopic (exact) mass is 340 g/mol. The third-order valence-corrected chi connectivity index (χ3v) is 4.06. The Hall–Kier alpha value is -2.20. The van der Waals surface area contributed by atoms with Gasteiger partial charge < -0.3 is 5.32 Å². The molecule has 3 nitrogen and oxygen atoms in total. The Morgan fingerprint density at radius 3 is 2.67 bits per heavy atom. The molecule has 0 fully saturated rings. The molecule has 104 valence electrons. The average Bonchev–Trinajstić information content (AvgIpc) is 2.53. The largest absolute Gasteiger partial charge is 0.347 e. The number of aromatic nitrogens is 1. The van der Waals surface area contributed by atoms with Crippen molar-refractivity contribution >= 4 is 32.6 Å². The molecule has 2 aromatic carbocycles. The van der Waals surface area contributed by atoms with Crippen LogP contribution >= 0.6 is 15.9 Å². The maximum atomic E-state index is 12.4. The Kier molecular flexibility index (Phi) is 3.97. The fourth-order valence-corrected chi connectivity index (χ4v) is 2.63. The molecule has 0 aliphatic carbocycles. The highest BCUT2D eigenvalue weighted by Gasteiger charge is 2.11. The number of amides is 1. The molecule has 0 radical (unpaired) electrons. The van der Waals surface area contributed by atoms with Gasteiger partial charge in [-0.25, -0.2) is 0 Å².